The van der Waals surface area contributed by atoms with Crippen LogP contribution in [0.4, 0.5) is 0 Å². The number of methoxy groups -OCH3 is 1. The fourth-order valence-electron chi connectivity index (χ4n) is 2.02. The van der Waals surface area contributed by atoms with Crippen molar-refractivity contribution in [3.63, 3.8) is 0 Å². The second kappa shape index (κ2) is 6.93. The molecule has 104 valence electrons. The predicted octanol–water partition coefficient (Wildman–Crippen LogP) is 2.08. The molecule has 1 aromatic rings. The molecule has 0 aliphatic carbocycles. The Labute approximate surface area is 118 Å². The molecule has 1 atom stereocenters. The molecule has 0 amide bonds. The minimum Gasteiger partial charge on any atom is -0.465 e. The average molecular weight is 282 g/mol. The fraction of sp³-hybridized carbons (Fsp3) is 0.500. The van der Waals surface area contributed by atoms with Crippen LogP contribution in [-0.2, 0) is 20.6 Å². The number of hydrogen-bond acceptors (Lipinski definition) is 5. The second-order valence-electron chi connectivity index (χ2n) is 4.41. The van der Waals surface area contributed by atoms with E-state index < -0.39 is 0 Å². The molecular weight excluding hydrogens is 264 g/mol. The average Bonchev–Trinajstić information content (AvgIpc) is 2.98. The van der Waals surface area contributed by atoms with Gasteiger partial charge in [0.25, 0.3) is 0 Å². The van der Waals surface area contributed by atoms with Crippen LogP contribution in [0.3, 0.4) is 0 Å². The summed E-state index contributed by atoms with van der Waals surface area (Å²) in [5.41, 5.74) is 1.66. The van der Waals surface area contributed by atoms with Gasteiger partial charge >= 0.3 is 5.97 Å². The molecule has 0 radical (unpaired) electrons. The summed E-state index contributed by atoms with van der Waals surface area (Å²) < 4.78 is 15.5. The highest BCUT2D eigenvalue weighted by atomic mass is 32.1. The number of benzene rings is 1. The monoisotopic (exact) mass is 282 g/mol. The number of carbonyl (C=O) groups is 1. The lowest BCUT2D eigenvalue weighted by Gasteiger charge is -2.16. The number of rotatable bonds is 5. The smallest absolute Gasteiger partial charge is 0.337 e. The summed E-state index contributed by atoms with van der Waals surface area (Å²) in [6, 6.07) is 7.44. The molecule has 0 spiro atoms. The van der Waals surface area contributed by atoms with Gasteiger partial charge in [-0.2, -0.15) is 12.6 Å². The number of carbonyl (C=O) groups excluding carboxylic acids is 1. The Kier molecular flexibility index (Phi) is 5.24. The molecule has 0 bridgehead atoms. The summed E-state index contributed by atoms with van der Waals surface area (Å²) >= 11 is 4.50. The lowest BCUT2D eigenvalue weighted by Crippen LogP contribution is -2.22. The Balaban J connectivity index is 1.90. The van der Waals surface area contributed by atoms with Crippen LogP contribution in [-0.4, -0.2) is 37.8 Å². The van der Waals surface area contributed by atoms with Gasteiger partial charge in [0.1, 0.15) is 0 Å². The molecule has 0 saturated carbocycles. The van der Waals surface area contributed by atoms with Gasteiger partial charge in [-0.15, -0.1) is 0 Å². The summed E-state index contributed by atoms with van der Waals surface area (Å²) in [5, 5.41) is 0.0456. The first-order valence-corrected chi connectivity index (χ1v) is 6.81. The lowest BCUT2D eigenvalue weighted by molar-refractivity contribution is -0.0423. The van der Waals surface area contributed by atoms with Crippen LogP contribution in [0.2, 0.25) is 0 Å². The minimum absolute atomic E-state index is 0.0456. The third-order valence-corrected chi connectivity index (χ3v) is 3.54. The van der Waals surface area contributed by atoms with E-state index in [1.54, 1.807) is 6.07 Å². The van der Waals surface area contributed by atoms with Crippen molar-refractivity contribution in [1.82, 2.24) is 0 Å². The van der Waals surface area contributed by atoms with E-state index in [0.29, 0.717) is 18.8 Å². The van der Waals surface area contributed by atoms with Crippen molar-refractivity contribution >= 4 is 18.6 Å². The molecule has 2 rings (SSSR count). The quantitative estimate of drug-likeness (QED) is 0.663. The van der Waals surface area contributed by atoms with Crippen molar-refractivity contribution in [2.24, 2.45) is 0 Å². The van der Waals surface area contributed by atoms with Crippen molar-refractivity contribution in [2.75, 3.05) is 20.3 Å². The standard InChI is InChI=1S/C14H18O4S/c1-16-13(15)11-4-2-3-10(9-11)5-6-12(19)14-17-7-8-18-14/h2-4,9,12,14,19H,5-8H2,1H3. The number of aryl methyl sites for hydroxylation is 1. The van der Waals surface area contributed by atoms with E-state index in [9.17, 15) is 4.79 Å². The normalized spacial score (nSPS) is 17.4. The van der Waals surface area contributed by atoms with Gasteiger partial charge in [-0.3, -0.25) is 0 Å². The first-order valence-electron chi connectivity index (χ1n) is 6.29. The van der Waals surface area contributed by atoms with Crippen molar-refractivity contribution in [3.05, 3.63) is 35.4 Å². The summed E-state index contributed by atoms with van der Waals surface area (Å²) in [7, 11) is 1.38. The van der Waals surface area contributed by atoms with E-state index >= 15 is 0 Å². The molecule has 19 heavy (non-hydrogen) atoms. The Hall–Kier alpha value is -1.04. The van der Waals surface area contributed by atoms with E-state index in [1.165, 1.54) is 7.11 Å². The Morgan fingerprint density at radius 3 is 2.89 bits per heavy atom. The highest BCUT2D eigenvalue weighted by Gasteiger charge is 2.23. The zero-order valence-electron chi connectivity index (χ0n) is 10.9. The van der Waals surface area contributed by atoms with E-state index in [-0.39, 0.29) is 17.5 Å². The maximum absolute atomic E-state index is 11.4. The number of ether oxygens (including phenoxy) is 3. The van der Waals surface area contributed by atoms with Gasteiger partial charge < -0.3 is 14.2 Å². The molecule has 1 aliphatic rings. The van der Waals surface area contributed by atoms with Crippen LogP contribution in [0.1, 0.15) is 22.3 Å². The molecule has 1 heterocycles. The van der Waals surface area contributed by atoms with Crippen LogP contribution < -0.4 is 0 Å². The maximum Gasteiger partial charge on any atom is 0.337 e. The van der Waals surface area contributed by atoms with Crippen LogP contribution in [0, 0.1) is 0 Å². The third kappa shape index (κ3) is 3.96. The number of thiol groups is 1. The molecule has 0 aromatic heterocycles. The zero-order valence-corrected chi connectivity index (χ0v) is 11.8. The number of esters is 1. The van der Waals surface area contributed by atoms with E-state index in [4.69, 9.17) is 14.2 Å². The van der Waals surface area contributed by atoms with Gasteiger partial charge in [-0.1, -0.05) is 12.1 Å². The van der Waals surface area contributed by atoms with Gasteiger partial charge in [-0.05, 0) is 30.5 Å². The summed E-state index contributed by atoms with van der Waals surface area (Å²) in [6.07, 6.45) is 1.44. The van der Waals surface area contributed by atoms with E-state index in [0.717, 1.165) is 18.4 Å². The largest absolute Gasteiger partial charge is 0.465 e. The number of hydrogen-bond donors (Lipinski definition) is 1. The molecule has 0 N–H and O–H groups in total. The minimum atomic E-state index is -0.313. The van der Waals surface area contributed by atoms with Gasteiger partial charge in [0.05, 0.1) is 31.1 Å². The van der Waals surface area contributed by atoms with Crippen LogP contribution >= 0.6 is 12.6 Å². The lowest BCUT2D eigenvalue weighted by atomic mass is 10.0. The van der Waals surface area contributed by atoms with E-state index in [2.05, 4.69) is 12.6 Å². The topological polar surface area (TPSA) is 44.8 Å². The van der Waals surface area contributed by atoms with Crippen molar-refractivity contribution in [2.45, 2.75) is 24.4 Å². The van der Waals surface area contributed by atoms with Gasteiger partial charge in [0.2, 0.25) is 0 Å². The van der Waals surface area contributed by atoms with Crippen molar-refractivity contribution in [1.29, 1.82) is 0 Å². The third-order valence-electron chi connectivity index (χ3n) is 3.04. The van der Waals surface area contributed by atoms with Crippen molar-refractivity contribution in [3.8, 4) is 0 Å². The Morgan fingerprint density at radius 2 is 2.21 bits per heavy atom. The molecular formula is C14H18O4S. The molecule has 1 aliphatic heterocycles. The molecule has 1 saturated heterocycles. The van der Waals surface area contributed by atoms with Crippen LogP contribution in [0.25, 0.3) is 0 Å². The zero-order chi connectivity index (χ0) is 13.7. The molecule has 1 aromatic carbocycles. The van der Waals surface area contributed by atoms with Crippen LogP contribution in [0.15, 0.2) is 24.3 Å². The first kappa shape index (κ1) is 14.4. The first-order chi connectivity index (χ1) is 9.20. The maximum atomic E-state index is 11.4. The highest BCUT2D eigenvalue weighted by Crippen LogP contribution is 2.19. The summed E-state index contributed by atoms with van der Waals surface area (Å²) in [5.74, 6) is -0.313. The Bertz CT molecular complexity index is 429. The predicted molar refractivity (Wildman–Crippen MR) is 74.6 cm³/mol. The van der Waals surface area contributed by atoms with Gasteiger partial charge in [0, 0.05) is 0 Å². The highest BCUT2D eigenvalue weighted by molar-refractivity contribution is 7.81. The molecule has 5 heteroatoms. The summed E-state index contributed by atoms with van der Waals surface area (Å²) in [6.45, 7) is 1.28. The second-order valence-corrected chi connectivity index (χ2v) is 5.07. The molecule has 1 fully saturated rings. The SMILES string of the molecule is COC(=O)c1cccc(CCC(S)C2OCCO2)c1. The molecule has 1 unspecified atom stereocenters. The van der Waals surface area contributed by atoms with Crippen LogP contribution in [0.5, 0.6) is 0 Å². The fourth-order valence-corrected chi connectivity index (χ4v) is 2.32. The molecule has 4 nitrogen and oxygen atoms in total. The van der Waals surface area contributed by atoms with Gasteiger partial charge in [0.15, 0.2) is 6.29 Å². The summed E-state index contributed by atoms with van der Waals surface area (Å²) in [4.78, 5) is 11.4. The van der Waals surface area contributed by atoms with Gasteiger partial charge in [-0.25, -0.2) is 4.79 Å². The Morgan fingerprint density at radius 1 is 1.47 bits per heavy atom. The van der Waals surface area contributed by atoms with E-state index in [1.807, 2.05) is 18.2 Å². The van der Waals surface area contributed by atoms with Crippen molar-refractivity contribution < 1.29 is 19.0 Å².